The highest BCUT2D eigenvalue weighted by molar-refractivity contribution is 4.85. The Bertz CT molecular complexity index is 120. The van der Waals surface area contributed by atoms with Crippen LogP contribution in [0.5, 0.6) is 0 Å². The highest BCUT2D eigenvalue weighted by Crippen LogP contribution is 2.22. The lowest BCUT2D eigenvalue weighted by Crippen LogP contribution is -2.40. The van der Waals surface area contributed by atoms with Crippen LogP contribution in [0.2, 0.25) is 0 Å². The summed E-state index contributed by atoms with van der Waals surface area (Å²) in [5.74, 6) is 0.934. The van der Waals surface area contributed by atoms with Crippen molar-refractivity contribution in [2.24, 2.45) is 5.92 Å². The number of rotatable bonds is 0. The van der Waals surface area contributed by atoms with Gasteiger partial charge in [-0.15, -0.1) is 0 Å². The minimum atomic E-state index is 0.832. The Hall–Kier alpha value is -0.0800. The van der Waals surface area contributed by atoms with Crippen LogP contribution in [0.4, 0.5) is 0 Å². The number of nitrogens with one attached hydrogen (secondary N) is 1. The molecule has 1 N–H and O–H groups in total. The Morgan fingerprint density at radius 3 is 3.00 bits per heavy atom. The van der Waals surface area contributed by atoms with Gasteiger partial charge in [0.2, 0.25) is 0 Å². The maximum absolute atomic E-state index is 3.50. The van der Waals surface area contributed by atoms with Gasteiger partial charge in [-0.25, -0.2) is 0 Å². The summed E-state index contributed by atoms with van der Waals surface area (Å²) in [4.78, 5) is 2.51. The van der Waals surface area contributed by atoms with Gasteiger partial charge in [0.15, 0.2) is 0 Å². The smallest absolute Gasteiger partial charge is 0.0217 e. The van der Waals surface area contributed by atoms with Crippen LogP contribution in [-0.4, -0.2) is 37.6 Å². The van der Waals surface area contributed by atoms with E-state index in [1.165, 1.54) is 32.5 Å². The van der Waals surface area contributed by atoms with Crippen LogP contribution >= 0.6 is 0 Å². The van der Waals surface area contributed by atoms with Crippen LogP contribution in [0.25, 0.3) is 0 Å². The highest BCUT2D eigenvalue weighted by atomic mass is 15.2. The van der Waals surface area contributed by atoms with Crippen molar-refractivity contribution in [3.05, 3.63) is 0 Å². The molecular weight excluding hydrogens is 124 g/mol. The van der Waals surface area contributed by atoms with E-state index in [1.54, 1.807) is 0 Å². The quantitative estimate of drug-likeness (QED) is 0.520. The summed E-state index contributed by atoms with van der Waals surface area (Å²) in [6.45, 7) is 3.78. The summed E-state index contributed by atoms with van der Waals surface area (Å²) >= 11 is 0. The van der Waals surface area contributed by atoms with Gasteiger partial charge in [0.1, 0.15) is 0 Å². The molecule has 10 heavy (non-hydrogen) atoms. The second-order valence-corrected chi connectivity index (χ2v) is 3.70. The lowest BCUT2D eigenvalue weighted by atomic mass is 9.96. The predicted octanol–water partition coefficient (Wildman–Crippen LogP) is 0.300. The first kappa shape index (κ1) is 6.62. The fraction of sp³-hybridized carbons (Fsp3) is 1.00. The molecule has 3 aliphatic rings. The summed E-state index contributed by atoms with van der Waals surface area (Å²) < 4.78 is 0. The molecule has 0 spiro atoms. The Labute approximate surface area is 62.6 Å². The topological polar surface area (TPSA) is 15.3 Å². The van der Waals surface area contributed by atoms with Gasteiger partial charge in [0, 0.05) is 19.1 Å². The van der Waals surface area contributed by atoms with Crippen molar-refractivity contribution in [3.63, 3.8) is 0 Å². The van der Waals surface area contributed by atoms with Crippen LogP contribution in [-0.2, 0) is 0 Å². The van der Waals surface area contributed by atoms with Crippen molar-refractivity contribution in [2.45, 2.75) is 18.9 Å². The maximum atomic E-state index is 3.50. The molecule has 0 radical (unpaired) electrons. The second kappa shape index (κ2) is 2.51. The number of likely N-dealkylation sites (N-methyl/N-ethyl adjacent to an activating group) is 1. The van der Waals surface area contributed by atoms with Gasteiger partial charge in [-0.3, -0.25) is 0 Å². The molecule has 2 heteroatoms. The maximum Gasteiger partial charge on any atom is 0.0217 e. The zero-order valence-electron chi connectivity index (χ0n) is 6.64. The molecule has 2 nitrogen and oxygen atoms in total. The molecule has 0 saturated carbocycles. The van der Waals surface area contributed by atoms with E-state index in [2.05, 4.69) is 17.3 Å². The van der Waals surface area contributed by atoms with Gasteiger partial charge in [-0.05, 0) is 32.4 Å². The molecular formula is C8H16N2. The number of piperidine rings is 1. The molecule has 0 unspecified atom stereocenters. The van der Waals surface area contributed by atoms with Crippen LogP contribution in [0.3, 0.4) is 0 Å². The second-order valence-electron chi connectivity index (χ2n) is 3.70. The van der Waals surface area contributed by atoms with Gasteiger partial charge in [0.25, 0.3) is 0 Å². The van der Waals surface area contributed by atoms with Gasteiger partial charge >= 0.3 is 0 Å². The van der Waals surface area contributed by atoms with E-state index in [-0.39, 0.29) is 0 Å². The lowest BCUT2D eigenvalue weighted by molar-refractivity contribution is 0.168. The summed E-state index contributed by atoms with van der Waals surface area (Å²) in [6, 6.07) is 0.832. The summed E-state index contributed by atoms with van der Waals surface area (Å²) in [5.41, 5.74) is 0. The van der Waals surface area contributed by atoms with Crippen molar-refractivity contribution in [1.29, 1.82) is 0 Å². The van der Waals surface area contributed by atoms with Crippen molar-refractivity contribution < 1.29 is 0 Å². The molecule has 3 saturated heterocycles. The normalized spacial score (nSPS) is 41.7. The number of hydrogen-bond donors (Lipinski definition) is 1. The van der Waals surface area contributed by atoms with Gasteiger partial charge in [0.05, 0.1) is 0 Å². The molecule has 3 fully saturated rings. The van der Waals surface area contributed by atoms with Gasteiger partial charge in [-0.1, -0.05) is 0 Å². The van der Waals surface area contributed by atoms with Crippen molar-refractivity contribution >= 4 is 0 Å². The number of fused-ring (bicyclic) bond motifs is 4. The molecule has 2 bridgehead atoms. The van der Waals surface area contributed by atoms with Gasteiger partial charge in [-0.2, -0.15) is 0 Å². The SMILES string of the molecule is CN1C[C@@H]2CC[C@H]1CNC2. The van der Waals surface area contributed by atoms with Crippen LogP contribution in [0, 0.1) is 5.92 Å². The fourth-order valence-electron chi connectivity index (χ4n) is 2.17. The number of nitrogens with zero attached hydrogens (tertiary/aromatic N) is 1. The summed E-state index contributed by atoms with van der Waals surface area (Å²) in [6.07, 6.45) is 2.86. The molecule has 0 aromatic rings. The zero-order chi connectivity index (χ0) is 6.97. The largest absolute Gasteiger partial charge is 0.315 e. The molecule has 0 amide bonds. The first-order valence-electron chi connectivity index (χ1n) is 4.27. The first-order valence-corrected chi connectivity index (χ1v) is 4.27. The molecule has 3 rings (SSSR count). The van der Waals surface area contributed by atoms with E-state index >= 15 is 0 Å². The Balaban J connectivity index is 2.07. The van der Waals surface area contributed by atoms with Crippen LogP contribution in [0.15, 0.2) is 0 Å². The fourth-order valence-corrected chi connectivity index (χ4v) is 2.17. The third-order valence-corrected chi connectivity index (χ3v) is 2.89. The van der Waals surface area contributed by atoms with E-state index < -0.39 is 0 Å². The molecule has 3 aliphatic heterocycles. The average Bonchev–Trinajstić information content (AvgIpc) is 2.20. The molecule has 0 aromatic carbocycles. The molecule has 58 valence electrons. The van der Waals surface area contributed by atoms with Gasteiger partial charge < -0.3 is 10.2 Å². The highest BCUT2D eigenvalue weighted by Gasteiger charge is 2.28. The molecule has 2 atom stereocenters. The van der Waals surface area contributed by atoms with E-state index in [0.717, 1.165) is 12.0 Å². The first-order chi connectivity index (χ1) is 4.86. The van der Waals surface area contributed by atoms with Crippen molar-refractivity contribution in [3.8, 4) is 0 Å². The minimum Gasteiger partial charge on any atom is -0.315 e. The molecule has 0 aliphatic carbocycles. The van der Waals surface area contributed by atoms with E-state index in [4.69, 9.17) is 0 Å². The molecule has 3 heterocycles. The standard InChI is InChI=1S/C8H16N2/c1-10-6-7-2-3-8(10)5-9-4-7/h7-9H,2-6H2,1H3/t7-,8+/m1/s1. The van der Waals surface area contributed by atoms with E-state index in [9.17, 15) is 0 Å². The molecule has 0 aromatic heterocycles. The van der Waals surface area contributed by atoms with E-state index in [0.29, 0.717) is 0 Å². The average molecular weight is 140 g/mol. The predicted molar refractivity (Wildman–Crippen MR) is 42.0 cm³/mol. The van der Waals surface area contributed by atoms with Crippen molar-refractivity contribution in [1.82, 2.24) is 10.2 Å². The van der Waals surface area contributed by atoms with Crippen LogP contribution < -0.4 is 5.32 Å². The minimum absolute atomic E-state index is 0.832. The van der Waals surface area contributed by atoms with Crippen molar-refractivity contribution in [2.75, 3.05) is 26.7 Å². The Morgan fingerprint density at radius 1 is 1.30 bits per heavy atom. The lowest BCUT2D eigenvalue weighted by Gasteiger charge is -2.32. The summed E-state index contributed by atoms with van der Waals surface area (Å²) in [7, 11) is 2.25. The summed E-state index contributed by atoms with van der Waals surface area (Å²) in [5, 5.41) is 3.50. The monoisotopic (exact) mass is 140 g/mol. The van der Waals surface area contributed by atoms with E-state index in [1.807, 2.05) is 0 Å². The number of hydrogen-bond acceptors (Lipinski definition) is 2. The van der Waals surface area contributed by atoms with Crippen LogP contribution in [0.1, 0.15) is 12.8 Å². The Morgan fingerprint density at radius 2 is 2.20 bits per heavy atom. The Kier molecular flexibility index (Phi) is 1.66. The zero-order valence-corrected chi connectivity index (χ0v) is 6.64. The third-order valence-electron chi connectivity index (χ3n) is 2.89. The third kappa shape index (κ3) is 1.06.